The predicted octanol–water partition coefficient (Wildman–Crippen LogP) is 4.08. The second-order valence-corrected chi connectivity index (χ2v) is 7.11. The first kappa shape index (κ1) is 14.8. The zero-order chi connectivity index (χ0) is 14.7. The van der Waals surface area contributed by atoms with E-state index in [9.17, 15) is 5.11 Å². The molecule has 1 aliphatic rings. The summed E-state index contributed by atoms with van der Waals surface area (Å²) < 4.78 is 0. The van der Waals surface area contributed by atoms with Crippen molar-refractivity contribution in [1.82, 2.24) is 4.90 Å². The first-order valence-electron chi connectivity index (χ1n) is 7.73. The summed E-state index contributed by atoms with van der Waals surface area (Å²) in [4.78, 5) is 3.96. The average Bonchev–Trinajstić information content (AvgIpc) is 3.24. The quantitative estimate of drug-likeness (QED) is 0.833. The molecule has 0 saturated heterocycles. The molecule has 2 unspecified atom stereocenters. The molecule has 2 aromatic rings. The molecule has 1 aromatic heterocycles. The van der Waals surface area contributed by atoms with E-state index in [1.807, 2.05) is 41.7 Å². The molecule has 1 aromatic carbocycles. The number of aliphatic hydroxyl groups excluding tert-OH is 1. The van der Waals surface area contributed by atoms with Crippen molar-refractivity contribution in [1.29, 1.82) is 0 Å². The molecule has 0 bridgehead atoms. The fourth-order valence-corrected chi connectivity index (χ4v) is 3.56. The van der Waals surface area contributed by atoms with Gasteiger partial charge in [0.25, 0.3) is 0 Å². The van der Waals surface area contributed by atoms with Gasteiger partial charge >= 0.3 is 0 Å². The van der Waals surface area contributed by atoms with E-state index in [0.29, 0.717) is 0 Å². The highest BCUT2D eigenvalue weighted by molar-refractivity contribution is 7.09. The Hall–Kier alpha value is -1.16. The fourth-order valence-electron chi connectivity index (χ4n) is 2.83. The van der Waals surface area contributed by atoms with Crippen LogP contribution in [0.2, 0.25) is 0 Å². The van der Waals surface area contributed by atoms with Crippen LogP contribution in [0, 0.1) is 5.92 Å². The highest BCUT2D eigenvalue weighted by Gasteiger charge is 2.31. The molecule has 0 radical (unpaired) electrons. The van der Waals surface area contributed by atoms with E-state index in [1.54, 1.807) is 0 Å². The van der Waals surface area contributed by atoms with Crippen LogP contribution in [0.1, 0.15) is 36.3 Å². The molecule has 2 atom stereocenters. The molecule has 3 heteroatoms. The van der Waals surface area contributed by atoms with Gasteiger partial charge in [0.15, 0.2) is 0 Å². The summed E-state index contributed by atoms with van der Waals surface area (Å²) in [6.07, 6.45) is 2.23. The maximum atomic E-state index is 10.5. The number of hydrogen-bond acceptors (Lipinski definition) is 3. The Morgan fingerprint density at radius 1 is 1.19 bits per heavy atom. The van der Waals surface area contributed by atoms with Gasteiger partial charge in [0.1, 0.15) is 0 Å². The maximum absolute atomic E-state index is 10.5. The van der Waals surface area contributed by atoms with Crippen LogP contribution < -0.4 is 0 Å². The minimum Gasteiger partial charge on any atom is -0.388 e. The Morgan fingerprint density at radius 2 is 1.95 bits per heavy atom. The van der Waals surface area contributed by atoms with Crippen LogP contribution in [0.4, 0.5) is 0 Å². The Morgan fingerprint density at radius 3 is 2.57 bits per heavy atom. The molecule has 21 heavy (non-hydrogen) atoms. The highest BCUT2D eigenvalue weighted by atomic mass is 32.1. The lowest BCUT2D eigenvalue weighted by Crippen LogP contribution is -2.32. The van der Waals surface area contributed by atoms with E-state index in [-0.39, 0.29) is 12.0 Å². The minimum atomic E-state index is -0.379. The van der Waals surface area contributed by atoms with Crippen molar-refractivity contribution in [3.8, 4) is 0 Å². The van der Waals surface area contributed by atoms with E-state index in [2.05, 4.69) is 29.3 Å². The van der Waals surface area contributed by atoms with Gasteiger partial charge in [-0.2, -0.15) is 0 Å². The fraction of sp³-hybridized carbons (Fsp3) is 0.444. The van der Waals surface area contributed by atoms with E-state index < -0.39 is 0 Å². The predicted molar refractivity (Wildman–Crippen MR) is 88.3 cm³/mol. The van der Waals surface area contributed by atoms with Crippen molar-refractivity contribution in [2.75, 3.05) is 6.54 Å². The number of nitrogens with zero attached hydrogens (tertiary/aromatic N) is 1. The topological polar surface area (TPSA) is 23.5 Å². The highest BCUT2D eigenvalue weighted by Crippen LogP contribution is 2.32. The molecule has 1 heterocycles. The van der Waals surface area contributed by atoms with E-state index in [0.717, 1.165) is 24.7 Å². The Labute approximate surface area is 131 Å². The zero-order valence-electron chi connectivity index (χ0n) is 12.5. The van der Waals surface area contributed by atoms with E-state index >= 15 is 0 Å². The summed E-state index contributed by atoms with van der Waals surface area (Å²) in [6, 6.07) is 15.1. The Kier molecular flexibility index (Phi) is 4.73. The molecular formula is C18H23NOS. The van der Waals surface area contributed by atoms with Crippen molar-refractivity contribution < 1.29 is 5.11 Å². The van der Waals surface area contributed by atoms with Gasteiger partial charge in [-0.15, -0.1) is 11.3 Å². The molecule has 112 valence electrons. The number of hydrogen-bond donors (Lipinski definition) is 1. The Balaban J connectivity index is 1.62. The van der Waals surface area contributed by atoms with Crippen LogP contribution in [0.3, 0.4) is 0 Å². The normalized spacial score (nSPS) is 17.9. The smallest absolute Gasteiger partial charge is 0.0827 e. The van der Waals surface area contributed by atoms with Crippen LogP contribution in [0.5, 0.6) is 0 Å². The molecule has 1 N–H and O–H groups in total. The van der Waals surface area contributed by atoms with Gasteiger partial charge in [0.05, 0.1) is 6.10 Å². The van der Waals surface area contributed by atoms with Crippen molar-refractivity contribution >= 4 is 11.3 Å². The molecule has 3 rings (SSSR count). The second-order valence-electron chi connectivity index (χ2n) is 6.07. The molecule has 0 aliphatic heterocycles. The van der Waals surface area contributed by atoms with E-state index in [4.69, 9.17) is 0 Å². The van der Waals surface area contributed by atoms with Gasteiger partial charge in [-0.25, -0.2) is 0 Å². The van der Waals surface area contributed by atoms with Gasteiger partial charge in [0, 0.05) is 24.0 Å². The first-order chi connectivity index (χ1) is 10.2. The lowest BCUT2D eigenvalue weighted by molar-refractivity contribution is 0.0836. The summed E-state index contributed by atoms with van der Waals surface area (Å²) in [6.45, 7) is 4.13. The molecule has 0 spiro atoms. The minimum absolute atomic E-state index is 0.243. The third kappa shape index (κ3) is 3.94. The van der Waals surface area contributed by atoms with Gasteiger partial charge < -0.3 is 5.11 Å². The van der Waals surface area contributed by atoms with Gasteiger partial charge in [-0.3, -0.25) is 4.90 Å². The molecule has 1 aliphatic carbocycles. The molecular weight excluding hydrogens is 278 g/mol. The lowest BCUT2D eigenvalue weighted by atomic mass is 9.97. The van der Waals surface area contributed by atoms with Gasteiger partial charge in [0.2, 0.25) is 0 Å². The van der Waals surface area contributed by atoms with E-state index in [1.165, 1.54) is 17.7 Å². The van der Waals surface area contributed by atoms with Crippen molar-refractivity contribution in [3.05, 3.63) is 58.3 Å². The number of benzene rings is 1. The lowest BCUT2D eigenvalue weighted by Gasteiger charge is -2.28. The average molecular weight is 301 g/mol. The van der Waals surface area contributed by atoms with Crippen LogP contribution in [-0.2, 0) is 6.54 Å². The first-order valence-corrected chi connectivity index (χ1v) is 8.61. The standard InChI is InChI=1S/C18H23NOS/c1-14(18(20)15-6-3-2-4-7-15)12-19(16-9-10-16)13-17-8-5-11-21-17/h2-8,11,14,16,18,20H,9-10,12-13H2,1H3. The summed E-state index contributed by atoms with van der Waals surface area (Å²) in [5.74, 6) is 0.243. The number of rotatable bonds is 7. The van der Waals surface area contributed by atoms with Gasteiger partial charge in [-0.1, -0.05) is 43.3 Å². The monoisotopic (exact) mass is 301 g/mol. The zero-order valence-corrected chi connectivity index (χ0v) is 13.3. The molecule has 1 fully saturated rings. The van der Waals surface area contributed by atoms with Crippen molar-refractivity contribution in [2.45, 2.75) is 38.5 Å². The molecule has 0 amide bonds. The summed E-state index contributed by atoms with van der Waals surface area (Å²) in [7, 11) is 0. The largest absolute Gasteiger partial charge is 0.388 e. The third-order valence-corrected chi connectivity index (χ3v) is 5.07. The SMILES string of the molecule is CC(CN(Cc1cccs1)C1CC1)C(O)c1ccccc1. The molecule has 2 nitrogen and oxygen atoms in total. The summed E-state index contributed by atoms with van der Waals surface area (Å²) in [5, 5.41) is 12.7. The van der Waals surface area contributed by atoms with Crippen molar-refractivity contribution in [3.63, 3.8) is 0 Å². The van der Waals surface area contributed by atoms with Crippen LogP contribution >= 0.6 is 11.3 Å². The van der Waals surface area contributed by atoms with Crippen LogP contribution in [0.15, 0.2) is 47.8 Å². The van der Waals surface area contributed by atoms with Gasteiger partial charge in [-0.05, 0) is 35.8 Å². The number of thiophene rings is 1. The summed E-state index contributed by atoms with van der Waals surface area (Å²) in [5.41, 5.74) is 1.02. The summed E-state index contributed by atoms with van der Waals surface area (Å²) >= 11 is 1.82. The second kappa shape index (κ2) is 6.73. The van der Waals surface area contributed by atoms with Crippen LogP contribution in [-0.4, -0.2) is 22.6 Å². The maximum Gasteiger partial charge on any atom is 0.0827 e. The van der Waals surface area contributed by atoms with Crippen molar-refractivity contribution in [2.24, 2.45) is 5.92 Å². The number of aliphatic hydroxyl groups is 1. The van der Waals surface area contributed by atoms with Crippen LogP contribution in [0.25, 0.3) is 0 Å². The Bertz CT molecular complexity index is 536. The molecule has 1 saturated carbocycles. The third-order valence-electron chi connectivity index (χ3n) is 4.20.